The number of esters is 2. The molecular weight excluding hydrogens is 892 g/mol. The Kier molecular flexibility index (Phi) is 15.1. The van der Waals surface area contributed by atoms with Gasteiger partial charge in [0.05, 0.1) is 37.5 Å². The lowest BCUT2D eigenvalue weighted by Gasteiger charge is -2.60. The second-order valence-corrected chi connectivity index (χ2v) is 19.9. The summed E-state index contributed by atoms with van der Waals surface area (Å²) in [6.45, 7) is 17.0. The molecule has 2 bridgehead atoms. The van der Waals surface area contributed by atoms with E-state index in [1.54, 1.807) is 0 Å². The minimum atomic E-state index is -2.24. The number of aryl methyl sites for hydroxylation is 4. The highest BCUT2D eigenvalue weighted by Crippen LogP contribution is 2.75. The van der Waals surface area contributed by atoms with Crippen molar-refractivity contribution in [2.24, 2.45) is 10.8 Å². The van der Waals surface area contributed by atoms with Crippen molar-refractivity contribution in [2.75, 3.05) is 14.2 Å². The molecule has 0 spiro atoms. The van der Waals surface area contributed by atoms with Crippen LogP contribution in [0, 0.1) is 33.5 Å². The number of halogens is 2. The lowest BCUT2D eigenvalue weighted by atomic mass is 9.36. The minimum Gasteiger partial charge on any atom is -0.465 e. The van der Waals surface area contributed by atoms with Crippen molar-refractivity contribution in [3.63, 3.8) is 0 Å². The second kappa shape index (κ2) is 20.1. The van der Waals surface area contributed by atoms with Crippen molar-refractivity contribution in [3.8, 4) is 12.1 Å². The van der Waals surface area contributed by atoms with E-state index in [0.29, 0.717) is 75.3 Å². The number of ketones is 2. The Bertz CT molecular complexity index is 2720. The number of allylic oxidation sites excluding steroid dienone is 2. The van der Waals surface area contributed by atoms with Crippen molar-refractivity contribution >= 4 is 68.3 Å². The van der Waals surface area contributed by atoms with Gasteiger partial charge in [-0.1, -0.05) is 130 Å². The summed E-state index contributed by atoms with van der Waals surface area (Å²) in [4.78, 5) is 59.2. The molecule has 68 heavy (non-hydrogen) atoms. The molecule has 358 valence electrons. The molecule has 8 rings (SSSR count). The summed E-state index contributed by atoms with van der Waals surface area (Å²) in [6, 6.07) is 9.34. The average molecular weight is 958 g/mol. The number of Topliss-reactive ketones (excluding diaryl/α,β-unsaturated/α-hetero) is 2. The molecule has 0 saturated carbocycles. The maximum absolute atomic E-state index is 15.6. The number of benzene rings is 4. The van der Waals surface area contributed by atoms with Gasteiger partial charge in [0, 0.05) is 11.8 Å². The van der Waals surface area contributed by atoms with E-state index in [0.717, 1.165) is 105 Å². The maximum atomic E-state index is 15.6. The van der Waals surface area contributed by atoms with Crippen molar-refractivity contribution < 1.29 is 28.7 Å². The van der Waals surface area contributed by atoms with Gasteiger partial charge in [0.1, 0.15) is 10.1 Å². The summed E-state index contributed by atoms with van der Waals surface area (Å²) in [5.74, 6) is -4.85. The van der Waals surface area contributed by atoms with Gasteiger partial charge in [-0.2, -0.15) is 10.5 Å². The fourth-order valence-electron chi connectivity index (χ4n) is 13.2. The third-order valence-corrected chi connectivity index (χ3v) is 16.2. The molecule has 4 atom stereocenters. The van der Waals surface area contributed by atoms with Crippen LogP contribution in [0.2, 0.25) is 0 Å². The first kappa shape index (κ1) is 50.8. The van der Waals surface area contributed by atoms with Gasteiger partial charge in [-0.25, -0.2) is 9.59 Å². The third-order valence-electron chi connectivity index (χ3n) is 15.4. The molecular formula is C58H66Cl2N2O6. The highest BCUT2D eigenvalue weighted by atomic mass is 35.5. The number of carbonyl (C=O) groups is 4. The number of fused-ring (bicyclic) bond motifs is 2. The van der Waals surface area contributed by atoms with Crippen LogP contribution in [0.15, 0.2) is 22.2 Å². The van der Waals surface area contributed by atoms with Crippen LogP contribution in [0.4, 0.5) is 0 Å². The van der Waals surface area contributed by atoms with Gasteiger partial charge in [-0.15, -0.1) is 0 Å². The zero-order valence-electron chi connectivity index (χ0n) is 41.7. The Morgan fingerprint density at radius 2 is 0.721 bits per heavy atom. The van der Waals surface area contributed by atoms with E-state index in [1.165, 1.54) is 25.3 Å². The number of hydrogen-bond donors (Lipinski definition) is 0. The maximum Gasteiger partial charge on any atom is 0.339 e. The number of hydrogen-bond acceptors (Lipinski definition) is 8. The predicted molar refractivity (Wildman–Crippen MR) is 271 cm³/mol. The quantitative estimate of drug-likeness (QED) is 0.0711. The normalized spacial score (nSPS) is 20.3. The van der Waals surface area contributed by atoms with Crippen LogP contribution in [0.5, 0.6) is 0 Å². The van der Waals surface area contributed by atoms with Gasteiger partial charge in [0.2, 0.25) is 0 Å². The summed E-state index contributed by atoms with van der Waals surface area (Å²) < 4.78 is 10.9. The molecule has 4 aromatic carbocycles. The first-order valence-electron chi connectivity index (χ1n) is 25.2. The molecule has 0 N–H and O–H groups in total. The van der Waals surface area contributed by atoms with Gasteiger partial charge in [-0.3, -0.25) is 9.59 Å². The Morgan fingerprint density at radius 1 is 0.471 bits per heavy atom. The summed E-state index contributed by atoms with van der Waals surface area (Å²) >= 11 is 13.8. The van der Waals surface area contributed by atoms with Gasteiger partial charge in [0.25, 0.3) is 0 Å². The first-order valence-corrected chi connectivity index (χ1v) is 26.0. The molecule has 0 aromatic heterocycles. The lowest BCUT2D eigenvalue weighted by Crippen LogP contribution is -2.65. The van der Waals surface area contributed by atoms with Gasteiger partial charge in [-0.05, 0) is 152 Å². The van der Waals surface area contributed by atoms with Gasteiger partial charge in [0.15, 0.2) is 22.4 Å². The van der Waals surface area contributed by atoms with Crippen LogP contribution in [0.1, 0.15) is 206 Å². The molecule has 0 heterocycles. The van der Waals surface area contributed by atoms with E-state index in [9.17, 15) is 20.1 Å². The molecule has 0 saturated heterocycles. The fraction of sp³-hybridized carbons (Fsp3) is 0.517. The Labute approximate surface area is 412 Å². The van der Waals surface area contributed by atoms with Crippen LogP contribution in [-0.4, -0.2) is 37.7 Å². The lowest BCUT2D eigenvalue weighted by molar-refractivity contribution is -0.141. The monoisotopic (exact) mass is 956 g/mol. The van der Waals surface area contributed by atoms with Gasteiger partial charge >= 0.3 is 11.9 Å². The summed E-state index contributed by atoms with van der Waals surface area (Å²) in [7, 11) is 2.65. The van der Waals surface area contributed by atoms with Crippen molar-refractivity contribution in [1.82, 2.24) is 0 Å². The molecule has 10 heteroatoms. The highest BCUT2D eigenvalue weighted by Gasteiger charge is 2.79. The molecule has 4 aliphatic rings. The summed E-state index contributed by atoms with van der Waals surface area (Å²) in [5, 5.41) is 26.7. The average Bonchev–Trinajstić information content (AvgIpc) is 3.34. The third kappa shape index (κ3) is 6.93. The van der Waals surface area contributed by atoms with Crippen molar-refractivity contribution in [1.29, 1.82) is 10.5 Å². The first-order chi connectivity index (χ1) is 32.8. The van der Waals surface area contributed by atoms with E-state index >= 15 is 9.59 Å². The van der Waals surface area contributed by atoms with Crippen molar-refractivity contribution in [3.05, 3.63) is 100 Å². The van der Waals surface area contributed by atoms with Crippen LogP contribution >= 0.6 is 23.2 Å². The van der Waals surface area contributed by atoms with E-state index in [-0.39, 0.29) is 11.1 Å². The Hall–Kier alpha value is -5.02. The molecule has 4 aliphatic carbocycles. The SMILES string of the molecule is CCCc1c(CCC)c(CCC)c2c(c1CCC)[C@@H]1c3c(c(CCC)c4cc5c(CCC)c(C(=O)OC)c(C(=O)OC)c(CCC)c5cc4c3CCC)[C@H]2[C@@]2(C#N)C(=O)C(Cl)=C(Cl)C(=O)[C@@]12C#N. The largest absolute Gasteiger partial charge is 0.465 e. The Morgan fingerprint density at radius 3 is 1.00 bits per heavy atom. The smallest absolute Gasteiger partial charge is 0.339 e. The van der Waals surface area contributed by atoms with Crippen molar-refractivity contribution in [2.45, 2.75) is 170 Å². The van der Waals surface area contributed by atoms with E-state index in [1.807, 2.05) is 13.8 Å². The number of carbonyl (C=O) groups excluding carboxylic acids is 4. The van der Waals surface area contributed by atoms with Crippen LogP contribution in [0.3, 0.4) is 0 Å². The summed E-state index contributed by atoms with van der Waals surface area (Å²) in [5.41, 5.74) is 7.49. The standard InChI is InChI=1S/C58H66Cl2N2O6/c1-11-19-31-32(20-12-2)34(22-14-4)44-43(33(31)21-13-3)49-45-35(23-15-5)39-27-41-37(25-17-7)47(55(65)67-9)48(56(66)68-10)38(26-18-8)42(41)28-40(39)36(24-16-6)46(45)50(44)58(30-62)54(64)52(60)51(59)53(63)57(49,58)29-61/h27-28,49-50H,11-26H2,1-10H3/t49-,50+,57-,58+. The van der Waals surface area contributed by atoms with Gasteiger partial charge < -0.3 is 9.47 Å². The molecule has 8 nitrogen and oxygen atoms in total. The van der Waals surface area contributed by atoms with Crippen LogP contribution < -0.4 is 0 Å². The zero-order chi connectivity index (χ0) is 49.6. The van der Waals surface area contributed by atoms with Crippen LogP contribution in [0.25, 0.3) is 21.5 Å². The van der Waals surface area contributed by atoms with E-state index < -0.39 is 56.2 Å². The highest BCUT2D eigenvalue weighted by molar-refractivity contribution is 6.57. The van der Waals surface area contributed by atoms with E-state index in [2.05, 4.69) is 65.8 Å². The molecule has 0 amide bonds. The molecule has 0 aliphatic heterocycles. The zero-order valence-corrected chi connectivity index (χ0v) is 43.2. The van der Waals surface area contributed by atoms with Crippen LogP contribution in [-0.2, 0) is 70.4 Å². The number of nitrogens with zero attached hydrogens (tertiary/aromatic N) is 2. The predicted octanol–water partition coefficient (Wildman–Crippen LogP) is 13.6. The van der Waals surface area contributed by atoms with E-state index in [4.69, 9.17) is 32.7 Å². The molecule has 4 aromatic rings. The fourth-order valence-corrected chi connectivity index (χ4v) is 13.7. The number of nitriles is 2. The topological polar surface area (TPSA) is 134 Å². The molecule has 0 radical (unpaired) electrons. The molecule has 0 unspecified atom stereocenters. The number of methoxy groups -OCH3 is 2. The minimum absolute atomic E-state index is 0.208. The summed E-state index contributed by atoms with van der Waals surface area (Å²) in [6.07, 6.45) is 11.2. The molecule has 0 fully saturated rings. The number of ether oxygens (including phenoxy) is 2. The number of rotatable bonds is 18. The second-order valence-electron chi connectivity index (χ2n) is 19.2. The Balaban J connectivity index is 1.88.